The quantitative estimate of drug-likeness (QED) is 0.481. The van der Waals surface area contributed by atoms with Crippen molar-refractivity contribution >= 4 is 16.6 Å². The zero-order valence-electron chi connectivity index (χ0n) is 8.34. The highest BCUT2D eigenvalue weighted by molar-refractivity contribution is 5.80. The molecule has 0 saturated carbocycles. The molecule has 1 aromatic carbocycles. The van der Waals surface area contributed by atoms with Crippen molar-refractivity contribution in [2.45, 2.75) is 6.54 Å². The van der Waals surface area contributed by atoms with Gasteiger partial charge in [0.05, 0.1) is 22.4 Å². The molecule has 0 aliphatic carbocycles. The van der Waals surface area contributed by atoms with Crippen LogP contribution in [0.25, 0.3) is 10.9 Å². The Hall–Kier alpha value is -2.37. The molecule has 82 valence electrons. The molecule has 0 radical (unpaired) electrons. The number of nitrogens with zero attached hydrogens (tertiary/aromatic N) is 2. The molecule has 0 aliphatic rings. The Morgan fingerprint density at radius 3 is 2.94 bits per heavy atom. The zero-order chi connectivity index (χ0) is 11.7. The molecule has 0 fully saturated rings. The second-order valence-corrected chi connectivity index (χ2v) is 3.30. The van der Waals surface area contributed by atoms with Crippen LogP contribution < -0.4 is 5.56 Å². The van der Waals surface area contributed by atoms with Crippen molar-refractivity contribution in [3.8, 4) is 0 Å². The summed E-state index contributed by atoms with van der Waals surface area (Å²) in [5.74, 6) is 0. The lowest BCUT2D eigenvalue weighted by molar-refractivity contribution is -0.384. The molecule has 2 rings (SSSR count). The summed E-state index contributed by atoms with van der Waals surface area (Å²) in [5, 5.41) is 13.8. The van der Waals surface area contributed by atoms with Crippen molar-refractivity contribution in [2.24, 2.45) is 0 Å². The molecule has 6 nitrogen and oxygen atoms in total. The first kappa shape index (κ1) is 10.2. The van der Waals surface area contributed by atoms with E-state index in [1.807, 2.05) is 0 Å². The highest BCUT2D eigenvalue weighted by Crippen LogP contribution is 2.16. The van der Waals surface area contributed by atoms with Crippen molar-refractivity contribution in [1.29, 1.82) is 0 Å². The van der Waals surface area contributed by atoms with Crippen LogP contribution >= 0.6 is 0 Å². The van der Waals surface area contributed by atoms with E-state index in [0.717, 1.165) is 0 Å². The van der Waals surface area contributed by atoms with Gasteiger partial charge in [0, 0.05) is 12.1 Å². The highest BCUT2D eigenvalue weighted by Gasteiger charge is 2.10. The summed E-state index contributed by atoms with van der Waals surface area (Å²) in [6.07, 6.45) is 1.57. The van der Waals surface area contributed by atoms with E-state index >= 15 is 0 Å². The Kier molecular flexibility index (Phi) is 2.32. The minimum atomic E-state index is -0.497. The molecular weight excluding hydrogens is 210 g/mol. The monoisotopic (exact) mass is 219 g/mol. The summed E-state index contributed by atoms with van der Waals surface area (Å²) in [6, 6.07) is 4.11. The first-order valence-electron chi connectivity index (χ1n) is 4.61. The molecular formula is C10H9N3O3. The zero-order valence-corrected chi connectivity index (χ0v) is 8.34. The van der Waals surface area contributed by atoms with Crippen LogP contribution in [-0.4, -0.2) is 14.7 Å². The number of nitro benzene ring substituents is 1. The third kappa shape index (κ3) is 1.50. The number of fused-ring (bicyclic) bond motifs is 1. The van der Waals surface area contributed by atoms with E-state index in [1.54, 1.807) is 6.08 Å². The van der Waals surface area contributed by atoms with Gasteiger partial charge in [-0.05, 0) is 6.07 Å². The van der Waals surface area contributed by atoms with Crippen LogP contribution in [0, 0.1) is 10.1 Å². The molecule has 0 unspecified atom stereocenters. The number of allylic oxidation sites excluding steroid dienone is 1. The lowest BCUT2D eigenvalue weighted by Gasteiger charge is -1.92. The average Bonchev–Trinajstić information content (AvgIpc) is 2.56. The van der Waals surface area contributed by atoms with Crippen molar-refractivity contribution < 1.29 is 4.92 Å². The normalized spacial score (nSPS) is 10.5. The molecule has 1 N–H and O–H groups in total. The minimum Gasteiger partial charge on any atom is -0.294 e. The van der Waals surface area contributed by atoms with Crippen LogP contribution in [-0.2, 0) is 6.54 Å². The van der Waals surface area contributed by atoms with Gasteiger partial charge in [-0.15, -0.1) is 6.58 Å². The minimum absolute atomic E-state index is 0.0421. The fourth-order valence-electron chi connectivity index (χ4n) is 1.52. The lowest BCUT2D eigenvalue weighted by Crippen LogP contribution is -2.15. The number of non-ortho nitro benzene ring substituents is 1. The smallest absolute Gasteiger partial charge is 0.274 e. The van der Waals surface area contributed by atoms with Crippen LogP contribution in [0.5, 0.6) is 0 Å². The molecule has 0 atom stereocenters. The van der Waals surface area contributed by atoms with Crippen molar-refractivity contribution in [2.75, 3.05) is 0 Å². The van der Waals surface area contributed by atoms with Gasteiger partial charge in [0.1, 0.15) is 0 Å². The molecule has 0 amide bonds. The first-order chi connectivity index (χ1) is 7.63. The Bertz CT molecular complexity index is 624. The van der Waals surface area contributed by atoms with E-state index in [2.05, 4.69) is 11.7 Å². The van der Waals surface area contributed by atoms with Gasteiger partial charge >= 0.3 is 0 Å². The number of hydrogen-bond acceptors (Lipinski definition) is 3. The summed E-state index contributed by atoms with van der Waals surface area (Å²) in [7, 11) is 0. The van der Waals surface area contributed by atoms with Crippen molar-refractivity contribution in [1.82, 2.24) is 9.78 Å². The third-order valence-corrected chi connectivity index (χ3v) is 2.26. The van der Waals surface area contributed by atoms with E-state index in [9.17, 15) is 14.9 Å². The van der Waals surface area contributed by atoms with Gasteiger partial charge in [-0.1, -0.05) is 6.08 Å². The van der Waals surface area contributed by atoms with E-state index < -0.39 is 4.92 Å². The number of hydrogen-bond donors (Lipinski definition) is 1. The van der Waals surface area contributed by atoms with Gasteiger partial charge in [-0.25, -0.2) is 4.68 Å². The SMILES string of the molecule is C=CCn1[nH]c2cc([N+](=O)[O-])ccc2c1=O. The first-order valence-corrected chi connectivity index (χ1v) is 4.61. The molecule has 0 spiro atoms. The number of aromatic amines is 1. The Morgan fingerprint density at radius 1 is 1.56 bits per heavy atom. The summed E-state index contributed by atoms with van der Waals surface area (Å²) >= 11 is 0. The average molecular weight is 219 g/mol. The van der Waals surface area contributed by atoms with Crippen LogP contribution in [0.3, 0.4) is 0 Å². The van der Waals surface area contributed by atoms with Crippen molar-refractivity contribution in [3.05, 3.63) is 51.3 Å². The third-order valence-electron chi connectivity index (χ3n) is 2.26. The van der Waals surface area contributed by atoms with Crippen LogP contribution in [0.1, 0.15) is 0 Å². The number of H-pyrrole nitrogens is 1. The number of benzene rings is 1. The Balaban J connectivity index is 2.67. The number of aromatic nitrogens is 2. The van der Waals surface area contributed by atoms with Crippen LogP contribution in [0.4, 0.5) is 5.69 Å². The summed E-state index contributed by atoms with van der Waals surface area (Å²) in [4.78, 5) is 21.8. The standard InChI is InChI=1S/C10H9N3O3/c1-2-5-12-10(14)8-4-3-7(13(15)16)6-9(8)11-12/h2-4,6,11H,1,5H2. The van der Waals surface area contributed by atoms with E-state index in [-0.39, 0.29) is 11.2 Å². The summed E-state index contributed by atoms with van der Waals surface area (Å²) in [6.45, 7) is 3.87. The maximum Gasteiger partial charge on any atom is 0.274 e. The van der Waals surface area contributed by atoms with Gasteiger partial charge in [-0.2, -0.15) is 0 Å². The lowest BCUT2D eigenvalue weighted by atomic mass is 10.2. The van der Waals surface area contributed by atoms with Gasteiger partial charge in [0.2, 0.25) is 0 Å². The van der Waals surface area contributed by atoms with Gasteiger partial charge in [0.15, 0.2) is 0 Å². The van der Waals surface area contributed by atoms with Gasteiger partial charge in [-0.3, -0.25) is 20.0 Å². The number of nitrogens with one attached hydrogen (secondary N) is 1. The molecule has 16 heavy (non-hydrogen) atoms. The molecule has 0 aliphatic heterocycles. The molecule has 0 saturated heterocycles. The Morgan fingerprint density at radius 2 is 2.31 bits per heavy atom. The fourth-order valence-corrected chi connectivity index (χ4v) is 1.52. The number of rotatable bonds is 3. The van der Waals surface area contributed by atoms with Crippen molar-refractivity contribution in [3.63, 3.8) is 0 Å². The fraction of sp³-hybridized carbons (Fsp3) is 0.100. The molecule has 1 heterocycles. The van der Waals surface area contributed by atoms with E-state index in [1.165, 1.54) is 22.9 Å². The van der Waals surface area contributed by atoms with Gasteiger partial charge in [0.25, 0.3) is 11.2 Å². The second-order valence-electron chi connectivity index (χ2n) is 3.30. The summed E-state index contributed by atoms with van der Waals surface area (Å²) in [5.41, 5.74) is 0.213. The number of nitro groups is 1. The van der Waals surface area contributed by atoms with Crippen LogP contribution in [0.15, 0.2) is 35.6 Å². The van der Waals surface area contributed by atoms with E-state index in [0.29, 0.717) is 17.4 Å². The molecule has 1 aromatic heterocycles. The molecule has 2 aromatic rings. The van der Waals surface area contributed by atoms with Crippen LogP contribution in [0.2, 0.25) is 0 Å². The maximum atomic E-state index is 11.7. The Labute approximate surface area is 89.9 Å². The highest BCUT2D eigenvalue weighted by atomic mass is 16.6. The maximum absolute atomic E-state index is 11.7. The van der Waals surface area contributed by atoms with E-state index in [4.69, 9.17) is 0 Å². The largest absolute Gasteiger partial charge is 0.294 e. The predicted octanol–water partition coefficient (Wildman–Crippen LogP) is 1.42. The molecule has 6 heteroatoms. The topological polar surface area (TPSA) is 80.9 Å². The molecule has 0 bridgehead atoms. The van der Waals surface area contributed by atoms with Gasteiger partial charge < -0.3 is 0 Å². The second kappa shape index (κ2) is 3.65. The predicted molar refractivity (Wildman–Crippen MR) is 59.4 cm³/mol. The summed E-state index contributed by atoms with van der Waals surface area (Å²) < 4.78 is 1.35.